The van der Waals surface area contributed by atoms with Crippen LogP contribution in [0.15, 0.2) is 12.7 Å². The zero-order valence-corrected chi connectivity index (χ0v) is 31.0. The van der Waals surface area contributed by atoms with Gasteiger partial charge in [-0.05, 0) is 48.3 Å². The third kappa shape index (κ3) is 8.06. The summed E-state index contributed by atoms with van der Waals surface area (Å²) in [6.07, 6.45) is 7.87. The number of carbonyl (C=O) groups is 5. The van der Waals surface area contributed by atoms with E-state index in [0.717, 1.165) is 25.7 Å². The molecule has 2 saturated heterocycles. The van der Waals surface area contributed by atoms with Crippen molar-refractivity contribution in [1.82, 2.24) is 4.90 Å². The van der Waals surface area contributed by atoms with Crippen molar-refractivity contribution in [3.8, 4) is 0 Å². The fourth-order valence-corrected chi connectivity index (χ4v) is 11.0. The first kappa shape index (κ1) is 38.6. The number of sulfone groups is 1. The minimum absolute atomic E-state index is 0.0341. The quantitative estimate of drug-likeness (QED) is 0.133. The number of piperidine rings is 1. The Bertz CT molecular complexity index is 1370. The maximum Gasteiger partial charge on any atom is 0.227 e. The number of ether oxygens (including phenoxy) is 1. The van der Waals surface area contributed by atoms with E-state index in [9.17, 15) is 32.4 Å². The third-order valence-corrected chi connectivity index (χ3v) is 14.1. The Hall–Kier alpha value is -2.20. The number of hydrogen-bond acceptors (Lipinski definition) is 8. The maximum absolute atomic E-state index is 14.5. The monoisotopic (exact) mass is 689 g/mol. The number of carbonyl (C=O) groups excluding carboxylic acids is 5. The summed E-state index contributed by atoms with van der Waals surface area (Å²) in [5.41, 5.74) is -2.50. The number of ketones is 4. The Balaban J connectivity index is 1.55. The van der Waals surface area contributed by atoms with Crippen molar-refractivity contribution in [2.75, 3.05) is 18.9 Å². The van der Waals surface area contributed by atoms with Crippen LogP contribution in [0.25, 0.3) is 0 Å². The molecule has 2 aliphatic heterocycles. The SMILES string of the molecule is C=CCCC(=O)C(=O)[C@H](CCCC)CC(=O)[C@@H]1[C@@H]2C(CN1C(=O)[C@@H](CC(=O)CC1([C@@H]3OCCS3(=O)=O)CCCCC1)C(C)(C)C)C2(C)C. The van der Waals surface area contributed by atoms with E-state index in [1.807, 2.05) is 27.7 Å². The highest BCUT2D eigenvalue weighted by Crippen LogP contribution is 2.65. The van der Waals surface area contributed by atoms with E-state index in [0.29, 0.717) is 38.6 Å². The first-order valence-corrected chi connectivity index (χ1v) is 20.0. The molecule has 2 saturated carbocycles. The van der Waals surface area contributed by atoms with E-state index in [1.54, 1.807) is 11.0 Å². The molecular formula is C38H59NO8S. The molecule has 48 heavy (non-hydrogen) atoms. The van der Waals surface area contributed by atoms with Gasteiger partial charge in [-0.25, -0.2) is 8.42 Å². The summed E-state index contributed by atoms with van der Waals surface area (Å²) >= 11 is 0. The maximum atomic E-state index is 14.5. The molecular weight excluding hydrogens is 630 g/mol. The predicted molar refractivity (Wildman–Crippen MR) is 185 cm³/mol. The molecule has 10 heteroatoms. The zero-order chi connectivity index (χ0) is 35.7. The number of hydrogen-bond donors (Lipinski definition) is 0. The van der Waals surface area contributed by atoms with Crippen LogP contribution in [-0.2, 0) is 38.5 Å². The van der Waals surface area contributed by atoms with Crippen LogP contribution in [0.1, 0.15) is 125 Å². The summed E-state index contributed by atoms with van der Waals surface area (Å²) in [4.78, 5) is 70.3. The number of amides is 1. The van der Waals surface area contributed by atoms with Gasteiger partial charge in [0.15, 0.2) is 26.8 Å². The average Bonchev–Trinajstić information content (AvgIpc) is 3.33. The molecule has 0 aromatic rings. The smallest absolute Gasteiger partial charge is 0.227 e. The molecule has 2 heterocycles. The number of Topliss-reactive ketones (excluding diaryl/α,β-unsaturated/α-hetero) is 4. The highest BCUT2D eigenvalue weighted by molar-refractivity contribution is 7.92. The third-order valence-electron chi connectivity index (χ3n) is 12.0. The number of fused-ring (bicyclic) bond motifs is 1. The standard InChI is InChI=1S/C38H59NO8S/c1-8-10-15-25(33(43)29(41)16-11-9-2)21-30(42)32-31-28(37(31,6)7)24-39(32)34(44)27(36(3,4)5)22-26(40)23-38(17-13-12-14-18-38)35-47-19-20-48(35,45)46/h9,25,27-28,31-32,35H,2,8,10-24H2,1,3-7H3/t25-,27-,28?,31+,32-,35-/m1/s1. The highest BCUT2D eigenvalue weighted by Gasteiger charge is 2.69. The van der Waals surface area contributed by atoms with Gasteiger partial charge in [0, 0.05) is 49.5 Å². The second kappa shape index (κ2) is 15.0. The van der Waals surface area contributed by atoms with E-state index in [-0.39, 0.29) is 72.8 Å². The molecule has 0 radical (unpaired) electrons. The molecule has 0 aromatic heterocycles. The Kier molecular flexibility index (Phi) is 12.0. The summed E-state index contributed by atoms with van der Waals surface area (Å²) in [6.45, 7) is 16.2. The summed E-state index contributed by atoms with van der Waals surface area (Å²) in [5.74, 6) is -2.92. The van der Waals surface area contributed by atoms with Gasteiger partial charge < -0.3 is 9.64 Å². The molecule has 0 N–H and O–H groups in total. The van der Waals surface area contributed by atoms with Crippen LogP contribution < -0.4 is 0 Å². The lowest BCUT2D eigenvalue weighted by Gasteiger charge is -2.41. The van der Waals surface area contributed by atoms with E-state index in [4.69, 9.17) is 4.74 Å². The number of likely N-dealkylation sites (tertiary alicyclic amines) is 1. The molecule has 0 spiro atoms. The lowest BCUT2D eigenvalue weighted by atomic mass is 9.69. The van der Waals surface area contributed by atoms with Crippen molar-refractivity contribution in [3.63, 3.8) is 0 Å². The number of nitrogens with zero attached hydrogens (tertiary/aromatic N) is 1. The summed E-state index contributed by atoms with van der Waals surface area (Å²) in [6, 6.07) is -0.709. The summed E-state index contributed by atoms with van der Waals surface area (Å²) in [7, 11) is -3.48. The predicted octanol–water partition coefficient (Wildman–Crippen LogP) is 6.07. The van der Waals surface area contributed by atoms with Crippen LogP contribution in [0.5, 0.6) is 0 Å². The van der Waals surface area contributed by atoms with Gasteiger partial charge in [0.25, 0.3) is 0 Å². The minimum Gasteiger partial charge on any atom is -0.361 e. The molecule has 2 aliphatic carbocycles. The molecule has 9 nitrogen and oxygen atoms in total. The average molecular weight is 690 g/mol. The van der Waals surface area contributed by atoms with Crippen LogP contribution in [0, 0.1) is 39.9 Å². The molecule has 270 valence electrons. The Morgan fingerprint density at radius 3 is 2.27 bits per heavy atom. The first-order valence-electron chi connectivity index (χ1n) is 18.3. The molecule has 1 unspecified atom stereocenters. The summed E-state index contributed by atoms with van der Waals surface area (Å²) in [5, 5.41) is 0. The van der Waals surface area contributed by atoms with Crippen molar-refractivity contribution in [3.05, 3.63) is 12.7 Å². The van der Waals surface area contributed by atoms with E-state index in [1.165, 1.54) is 0 Å². The molecule has 1 amide bonds. The van der Waals surface area contributed by atoms with Crippen molar-refractivity contribution in [2.24, 2.45) is 39.9 Å². The largest absolute Gasteiger partial charge is 0.361 e. The van der Waals surface area contributed by atoms with Gasteiger partial charge in [0.2, 0.25) is 11.7 Å². The van der Waals surface area contributed by atoms with Gasteiger partial charge in [-0.2, -0.15) is 0 Å². The molecule has 0 aromatic carbocycles. The Morgan fingerprint density at radius 1 is 1.04 bits per heavy atom. The fourth-order valence-electron chi connectivity index (χ4n) is 9.05. The second-order valence-electron chi connectivity index (χ2n) is 16.8. The number of allylic oxidation sites excluding steroid dienone is 1. The molecule has 4 rings (SSSR count). The fraction of sp³-hybridized carbons (Fsp3) is 0.816. The molecule has 4 aliphatic rings. The highest BCUT2D eigenvalue weighted by atomic mass is 32.2. The number of rotatable bonds is 17. The lowest BCUT2D eigenvalue weighted by Crippen LogP contribution is -2.51. The van der Waals surface area contributed by atoms with E-state index >= 15 is 0 Å². The number of unbranched alkanes of at least 4 members (excludes halogenated alkanes) is 1. The Morgan fingerprint density at radius 2 is 1.71 bits per heavy atom. The van der Waals surface area contributed by atoms with Crippen molar-refractivity contribution >= 4 is 38.9 Å². The van der Waals surface area contributed by atoms with E-state index < -0.39 is 55.5 Å². The first-order chi connectivity index (χ1) is 22.4. The van der Waals surface area contributed by atoms with Gasteiger partial charge in [0.1, 0.15) is 5.78 Å². The van der Waals surface area contributed by atoms with E-state index in [2.05, 4.69) is 20.4 Å². The van der Waals surface area contributed by atoms with Crippen molar-refractivity contribution in [1.29, 1.82) is 0 Å². The van der Waals surface area contributed by atoms with Crippen LogP contribution in [0.3, 0.4) is 0 Å². The van der Waals surface area contributed by atoms with Gasteiger partial charge in [-0.15, -0.1) is 6.58 Å². The second-order valence-corrected chi connectivity index (χ2v) is 19.0. The van der Waals surface area contributed by atoms with Gasteiger partial charge in [0.05, 0.1) is 18.4 Å². The van der Waals surface area contributed by atoms with Crippen molar-refractivity contribution in [2.45, 2.75) is 136 Å². The van der Waals surface area contributed by atoms with Crippen LogP contribution in [-0.4, -0.2) is 72.7 Å². The van der Waals surface area contributed by atoms with Gasteiger partial charge >= 0.3 is 0 Å². The summed E-state index contributed by atoms with van der Waals surface area (Å²) < 4.78 is 31.8. The lowest BCUT2D eigenvalue weighted by molar-refractivity contribution is -0.148. The van der Waals surface area contributed by atoms with Crippen LogP contribution in [0.4, 0.5) is 0 Å². The minimum atomic E-state index is -3.48. The van der Waals surface area contributed by atoms with Crippen LogP contribution in [0.2, 0.25) is 0 Å². The topological polar surface area (TPSA) is 132 Å². The normalized spacial score (nSPS) is 28.2. The van der Waals surface area contributed by atoms with Crippen molar-refractivity contribution < 1.29 is 37.1 Å². The van der Waals surface area contributed by atoms with Crippen LogP contribution >= 0.6 is 0 Å². The Labute approximate surface area is 288 Å². The zero-order valence-electron chi connectivity index (χ0n) is 30.2. The molecule has 4 fully saturated rings. The van der Waals surface area contributed by atoms with Gasteiger partial charge in [-0.3, -0.25) is 24.0 Å². The van der Waals surface area contributed by atoms with Gasteiger partial charge in [-0.1, -0.05) is 79.7 Å². The molecule has 6 atom stereocenters. The molecule has 0 bridgehead atoms.